The third kappa shape index (κ3) is 3.84. The Morgan fingerprint density at radius 3 is 2.75 bits per heavy atom. The highest BCUT2D eigenvalue weighted by Gasteiger charge is 2.08. The van der Waals surface area contributed by atoms with Crippen molar-refractivity contribution < 1.29 is 18.0 Å². The van der Waals surface area contributed by atoms with E-state index < -0.39 is 11.6 Å². The first-order valence-electron chi connectivity index (χ1n) is 7.34. The Labute approximate surface area is 137 Å². The highest BCUT2D eigenvalue weighted by Crippen LogP contribution is 2.22. The van der Waals surface area contributed by atoms with Crippen LogP contribution >= 0.6 is 0 Å². The highest BCUT2D eigenvalue weighted by atomic mass is 19.2. The van der Waals surface area contributed by atoms with Gasteiger partial charge in [-0.05, 0) is 36.2 Å². The van der Waals surface area contributed by atoms with Gasteiger partial charge in [0.15, 0.2) is 23.8 Å². The Balaban J connectivity index is 1.60. The SMILES string of the molecule is O=C(CCc1ccc(F)c(F)c1)Nc1cccc(-c2cnco2)c1. The zero-order valence-corrected chi connectivity index (χ0v) is 12.6. The fourth-order valence-corrected chi connectivity index (χ4v) is 2.29. The van der Waals surface area contributed by atoms with E-state index in [-0.39, 0.29) is 12.3 Å². The number of hydrogen-bond acceptors (Lipinski definition) is 3. The van der Waals surface area contributed by atoms with Crippen LogP contribution in [0.3, 0.4) is 0 Å². The summed E-state index contributed by atoms with van der Waals surface area (Å²) in [6.07, 6.45) is 3.41. The quantitative estimate of drug-likeness (QED) is 0.764. The molecule has 0 atom stereocenters. The number of nitrogens with one attached hydrogen (secondary N) is 1. The molecular formula is C18H14F2N2O2. The molecule has 0 aliphatic carbocycles. The number of amides is 1. The topological polar surface area (TPSA) is 55.1 Å². The molecule has 0 bridgehead atoms. The van der Waals surface area contributed by atoms with E-state index >= 15 is 0 Å². The molecule has 1 aromatic heterocycles. The molecular weight excluding hydrogens is 314 g/mol. The van der Waals surface area contributed by atoms with Crippen LogP contribution in [-0.4, -0.2) is 10.9 Å². The zero-order valence-electron chi connectivity index (χ0n) is 12.6. The van der Waals surface area contributed by atoms with Crippen LogP contribution in [0.4, 0.5) is 14.5 Å². The van der Waals surface area contributed by atoms with Gasteiger partial charge < -0.3 is 9.73 Å². The third-order valence-corrected chi connectivity index (χ3v) is 3.49. The standard InChI is InChI=1S/C18H14F2N2O2/c19-15-6-4-12(8-16(15)20)5-7-18(23)22-14-3-1-2-13(9-14)17-10-21-11-24-17/h1-4,6,8-11H,5,7H2,(H,22,23). The van der Waals surface area contributed by atoms with Gasteiger partial charge in [-0.15, -0.1) is 0 Å². The van der Waals surface area contributed by atoms with Gasteiger partial charge in [0.05, 0.1) is 6.20 Å². The second-order valence-corrected chi connectivity index (χ2v) is 5.24. The summed E-state index contributed by atoms with van der Waals surface area (Å²) in [6, 6.07) is 10.8. The number of rotatable bonds is 5. The smallest absolute Gasteiger partial charge is 0.224 e. The van der Waals surface area contributed by atoms with Gasteiger partial charge in [-0.2, -0.15) is 0 Å². The molecule has 0 saturated carbocycles. The second kappa shape index (κ2) is 7.04. The van der Waals surface area contributed by atoms with Crippen molar-refractivity contribution in [1.29, 1.82) is 0 Å². The summed E-state index contributed by atoms with van der Waals surface area (Å²) in [7, 11) is 0. The summed E-state index contributed by atoms with van der Waals surface area (Å²) in [5.74, 6) is -1.41. The molecule has 0 unspecified atom stereocenters. The molecule has 1 N–H and O–H groups in total. The lowest BCUT2D eigenvalue weighted by Gasteiger charge is -2.07. The number of halogens is 2. The molecule has 0 spiro atoms. The largest absolute Gasteiger partial charge is 0.444 e. The first-order chi connectivity index (χ1) is 11.6. The Morgan fingerprint density at radius 2 is 2.00 bits per heavy atom. The van der Waals surface area contributed by atoms with Crippen molar-refractivity contribution in [3.05, 3.63) is 72.3 Å². The summed E-state index contributed by atoms with van der Waals surface area (Å²) in [5.41, 5.74) is 1.99. The van der Waals surface area contributed by atoms with E-state index in [1.165, 1.54) is 12.5 Å². The molecule has 1 amide bonds. The number of aromatic nitrogens is 1. The van der Waals surface area contributed by atoms with Gasteiger partial charge in [0.1, 0.15) is 0 Å². The molecule has 0 fully saturated rings. The lowest BCUT2D eigenvalue weighted by atomic mass is 10.1. The maximum Gasteiger partial charge on any atom is 0.224 e. The normalized spacial score (nSPS) is 10.6. The van der Waals surface area contributed by atoms with E-state index in [1.54, 1.807) is 24.4 Å². The number of carbonyl (C=O) groups is 1. The van der Waals surface area contributed by atoms with Crippen LogP contribution in [0.25, 0.3) is 11.3 Å². The van der Waals surface area contributed by atoms with Crippen LogP contribution in [-0.2, 0) is 11.2 Å². The summed E-state index contributed by atoms with van der Waals surface area (Å²) in [4.78, 5) is 15.9. The number of hydrogen-bond donors (Lipinski definition) is 1. The maximum absolute atomic E-state index is 13.1. The van der Waals surface area contributed by atoms with E-state index in [4.69, 9.17) is 4.42 Å². The second-order valence-electron chi connectivity index (χ2n) is 5.24. The molecule has 0 saturated heterocycles. The van der Waals surface area contributed by atoms with Gasteiger partial charge in [-0.1, -0.05) is 18.2 Å². The van der Waals surface area contributed by atoms with Crippen LogP contribution in [0.15, 0.2) is 59.5 Å². The van der Waals surface area contributed by atoms with Gasteiger partial charge in [-0.25, -0.2) is 13.8 Å². The van der Waals surface area contributed by atoms with Crippen molar-refractivity contribution in [2.45, 2.75) is 12.8 Å². The van der Waals surface area contributed by atoms with Gasteiger partial charge >= 0.3 is 0 Å². The van der Waals surface area contributed by atoms with E-state index in [0.29, 0.717) is 23.4 Å². The van der Waals surface area contributed by atoms with Crippen LogP contribution in [0, 0.1) is 11.6 Å². The summed E-state index contributed by atoms with van der Waals surface area (Å²) >= 11 is 0. The molecule has 122 valence electrons. The maximum atomic E-state index is 13.1. The van der Waals surface area contributed by atoms with Crippen molar-refractivity contribution in [1.82, 2.24) is 4.98 Å². The van der Waals surface area contributed by atoms with E-state index in [0.717, 1.165) is 17.7 Å². The summed E-state index contributed by atoms with van der Waals surface area (Å²) in [6.45, 7) is 0. The van der Waals surface area contributed by atoms with Gasteiger partial charge in [0.25, 0.3) is 0 Å². The predicted octanol–water partition coefficient (Wildman–Crippen LogP) is 4.19. The molecule has 6 heteroatoms. The molecule has 4 nitrogen and oxygen atoms in total. The zero-order chi connectivity index (χ0) is 16.9. The van der Waals surface area contributed by atoms with E-state index in [9.17, 15) is 13.6 Å². The van der Waals surface area contributed by atoms with Crippen LogP contribution in [0.5, 0.6) is 0 Å². The van der Waals surface area contributed by atoms with Crippen LogP contribution in [0.1, 0.15) is 12.0 Å². The van der Waals surface area contributed by atoms with Crippen molar-refractivity contribution in [3.63, 3.8) is 0 Å². The minimum Gasteiger partial charge on any atom is -0.444 e. The molecule has 24 heavy (non-hydrogen) atoms. The first-order valence-corrected chi connectivity index (χ1v) is 7.34. The molecule has 0 aliphatic rings. The monoisotopic (exact) mass is 328 g/mol. The lowest BCUT2D eigenvalue weighted by molar-refractivity contribution is -0.116. The molecule has 3 aromatic rings. The van der Waals surface area contributed by atoms with E-state index in [2.05, 4.69) is 10.3 Å². The number of anilines is 1. The Bertz CT molecular complexity index is 848. The fourth-order valence-electron chi connectivity index (χ4n) is 2.29. The van der Waals surface area contributed by atoms with Crippen molar-refractivity contribution in [3.8, 4) is 11.3 Å². The summed E-state index contributed by atoms with van der Waals surface area (Å²) < 4.78 is 31.2. The number of oxazole rings is 1. The molecule has 1 heterocycles. The molecule has 0 aliphatic heterocycles. The van der Waals surface area contributed by atoms with Crippen molar-refractivity contribution in [2.24, 2.45) is 0 Å². The lowest BCUT2D eigenvalue weighted by Crippen LogP contribution is -2.12. The summed E-state index contributed by atoms with van der Waals surface area (Å²) in [5, 5.41) is 2.77. The third-order valence-electron chi connectivity index (χ3n) is 3.49. The molecule has 0 radical (unpaired) electrons. The number of benzene rings is 2. The van der Waals surface area contributed by atoms with Crippen LogP contribution in [0.2, 0.25) is 0 Å². The number of carbonyl (C=O) groups excluding carboxylic acids is 1. The fraction of sp³-hybridized carbons (Fsp3) is 0.111. The van der Waals surface area contributed by atoms with Crippen LogP contribution < -0.4 is 5.32 Å². The minimum atomic E-state index is -0.910. The Morgan fingerprint density at radius 1 is 1.12 bits per heavy atom. The first kappa shape index (κ1) is 15.9. The van der Waals surface area contributed by atoms with Crippen molar-refractivity contribution in [2.75, 3.05) is 5.32 Å². The van der Waals surface area contributed by atoms with Gasteiger partial charge in [0.2, 0.25) is 5.91 Å². The number of nitrogens with zero attached hydrogens (tertiary/aromatic N) is 1. The average molecular weight is 328 g/mol. The average Bonchev–Trinajstić information content (AvgIpc) is 3.11. The predicted molar refractivity (Wildman–Crippen MR) is 85.2 cm³/mol. The molecule has 3 rings (SSSR count). The van der Waals surface area contributed by atoms with Gasteiger partial charge in [0, 0.05) is 17.7 Å². The minimum absolute atomic E-state index is 0.164. The Kier molecular flexibility index (Phi) is 4.65. The van der Waals surface area contributed by atoms with E-state index in [1.807, 2.05) is 6.07 Å². The Hall–Kier alpha value is -3.02. The molecule has 2 aromatic carbocycles. The van der Waals surface area contributed by atoms with Gasteiger partial charge in [-0.3, -0.25) is 4.79 Å². The number of aryl methyl sites for hydroxylation is 1. The highest BCUT2D eigenvalue weighted by molar-refractivity contribution is 5.91. The van der Waals surface area contributed by atoms with Crippen molar-refractivity contribution >= 4 is 11.6 Å².